The highest BCUT2D eigenvalue weighted by Crippen LogP contribution is 2.28. The SMILES string of the molecule is CCOc1ccccc1/C=N/NC(=O)c1ccc(OC)c(OCC)c1. The van der Waals surface area contributed by atoms with Gasteiger partial charge in [-0.25, -0.2) is 5.43 Å². The summed E-state index contributed by atoms with van der Waals surface area (Å²) in [6.07, 6.45) is 1.55. The summed E-state index contributed by atoms with van der Waals surface area (Å²) in [4.78, 5) is 12.2. The molecule has 0 aromatic heterocycles. The second-order valence-electron chi connectivity index (χ2n) is 4.97. The van der Waals surface area contributed by atoms with Crippen LogP contribution in [0.15, 0.2) is 47.6 Å². The summed E-state index contributed by atoms with van der Waals surface area (Å²) in [5.74, 6) is 1.47. The van der Waals surface area contributed by atoms with Crippen molar-refractivity contribution in [2.75, 3.05) is 20.3 Å². The molecular formula is C19H22N2O4. The van der Waals surface area contributed by atoms with E-state index >= 15 is 0 Å². The van der Waals surface area contributed by atoms with Gasteiger partial charge in [0.1, 0.15) is 5.75 Å². The van der Waals surface area contributed by atoms with E-state index in [9.17, 15) is 4.79 Å². The maximum absolute atomic E-state index is 12.2. The number of methoxy groups -OCH3 is 1. The van der Waals surface area contributed by atoms with E-state index in [1.165, 1.54) is 0 Å². The number of hydrogen-bond donors (Lipinski definition) is 1. The van der Waals surface area contributed by atoms with E-state index in [0.29, 0.717) is 36.0 Å². The molecule has 0 saturated carbocycles. The number of nitrogens with one attached hydrogen (secondary N) is 1. The molecule has 0 atom stereocenters. The lowest BCUT2D eigenvalue weighted by molar-refractivity contribution is 0.0954. The van der Waals surface area contributed by atoms with Crippen molar-refractivity contribution in [1.29, 1.82) is 0 Å². The molecule has 1 amide bonds. The van der Waals surface area contributed by atoms with Crippen LogP contribution in [0.4, 0.5) is 0 Å². The number of carbonyl (C=O) groups is 1. The van der Waals surface area contributed by atoms with Gasteiger partial charge in [0.2, 0.25) is 0 Å². The Morgan fingerprint density at radius 2 is 1.76 bits per heavy atom. The van der Waals surface area contributed by atoms with Gasteiger partial charge in [-0.3, -0.25) is 4.79 Å². The average molecular weight is 342 g/mol. The minimum atomic E-state index is -0.339. The zero-order valence-corrected chi connectivity index (χ0v) is 14.6. The van der Waals surface area contributed by atoms with Crippen LogP contribution in [0, 0.1) is 0 Å². The number of hydrogen-bond acceptors (Lipinski definition) is 5. The van der Waals surface area contributed by atoms with Crippen molar-refractivity contribution >= 4 is 12.1 Å². The minimum Gasteiger partial charge on any atom is -0.493 e. The molecule has 0 spiro atoms. The quantitative estimate of drug-likeness (QED) is 0.590. The zero-order valence-electron chi connectivity index (χ0n) is 14.6. The van der Waals surface area contributed by atoms with E-state index in [0.717, 1.165) is 5.56 Å². The highest BCUT2D eigenvalue weighted by atomic mass is 16.5. The lowest BCUT2D eigenvalue weighted by atomic mass is 10.2. The Kier molecular flexibility index (Phi) is 6.83. The van der Waals surface area contributed by atoms with Crippen LogP contribution in [0.1, 0.15) is 29.8 Å². The highest BCUT2D eigenvalue weighted by molar-refractivity contribution is 5.95. The first-order chi connectivity index (χ1) is 12.2. The first-order valence-corrected chi connectivity index (χ1v) is 8.05. The summed E-state index contributed by atoms with van der Waals surface area (Å²) < 4.78 is 16.2. The number of nitrogens with zero attached hydrogens (tertiary/aromatic N) is 1. The number of amides is 1. The summed E-state index contributed by atoms with van der Waals surface area (Å²) in [5.41, 5.74) is 3.72. The van der Waals surface area contributed by atoms with Crippen molar-refractivity contribution in [2.45, 2.75) is 13.8 Å². The predicted molar refractivity (Wildman–Crippen MR) is 96.8 cm³/mol. The lowest BCUT2D eigenvalue weighted by Gasteiger charge is -2.10. The predicted octanol–water partition coefficient (Wildman–Crippen LogP) is 3.26. The summed E-state index contributed by atoms with van der Waals surface area (Å²) >= 11 is 0. The third kappa shape index (κ3) is 4.97. The Morgan fingerprint density at radius 1 is 1.04 bits per heavy atom. The van der Waals surface area contributed by atoms with Crippen molar-refractivity contribution < 1.29 is 19.0 Å². The molecule has 0 radical (unpaired) electrons. The van der Waals surface area contributed by atoms with E-state index in [1.807, 2.05) is 38.1 Å². The van der Waals surface area contributed by atoms with E-state index in [-0.39, 0.29) is 5.91 Å². The Hall–Kier alpha value is -3.02. The molecule has 0 aliphatic carbocycles. The molecule has 0 heterocycles. The second-order valence-corrected chi connectivity index (χ2v) is 4.97. The molecule has 0 bridgehead atoms. The number of rotatable bonds is 8. The summed E-state index contributed by atoms with van der Waals surface area (Å²) in [6, 6.07) is 12.4. The highest BCUT2D eigenvalue weighted by Gasteiger charge is 2.10. The van der Waals surface area contributed by atoms with Gasteiger partial charge in [0.25, 0.3) is 5.91 Å². The topological polar surface area (TPSA) is 69.2 Å². The average Bonchev–Trinajstić information content (AvgIpc) is 2.63. The van der Waals surface area contributed by atoms with Crippen LogP contribution in [0.25, 0.3) is 0 Å². The third-order valence-corrected chi connectivity index (χ3v) is 3.31. The van der Waals surface area contributed by atoms with Gasteiger partial charge in [-0.15, -0.1) is 0 Å². The van der Waals surface area contributed by atoms with Gasteiger partial charge in [-0.1, -0.05) is 12.1 Å². The van der Waals surface area contributed by atoms with Crippen molar-refractivity contribution in [3.05, 3.63) is 53.6 Å². The van der Waals surface area contributed by atoms with E-state index in [4.69, 9.17) is 14.2 Å². The van der Waals surface area contributed by atoms with Crippen molar-refractivity contribution in [2.24, 2.45) is 5.10 Å². The molecule has 132 valence electrons. The molecule has 0 fully saturated rings. The van der Waals surface area contributed by atoms with Crippen LogP contribution >= 0.6 is 0 Å². The number of hydrazone groups is 1. The van der Waals surface area contributed by atoms with Gasteiger partial charge in [-0.05, 0) is 44.2 Å². The van der Waals surface area contributed by atoms with E-state index in [1.54, 1.807) is 31.5 Å². The van der Waals surface area contributed by atoms with Gasteiger partial charge in [0.15, 0.2) is 11.5 Å². The molecular weight excluding hydrogens is 320 g/mol. The molecule has 6 heteroatoms. The molecule has 0 unspecified atom stereocenters. The van der Waals surface area contributed by atoms with Gasteiger partial charge < -0.3 is 14.2 Å². The summed E-state index contributed by atoms with van der Waals surface area (Å²) in [5, 5.41) is 4.00. The monoisotopic (exact) mass is 342 g/mol. The van der Waals surface area contributed by atoms with Gasteiger partial charge in [0, 0.05) is 11.1 Å². The molecule has 0 saturated heterocycles. The second kappa shape index (κ2) is 9.32. The number of carbonyl (C=O) groups excluding carboxylic acids is 1. The van der Waals surface area contributed by atoms with Crippen LogP contribution in [-0.2, 0) is 0 Å². The van der Waals surface area contributed by atoms with Crippen LogP contribution in [-0.4, -0.2) is 32.4 Å². The fraction of sp³-hybridized carbons (Fsp3) is 0.263. The fourth-order valence-corrected chi connectivity index (χ4v) is 2.19. The molecule has 2 aromatic rings. The summed E-state index contributed by atoms with van der Waals surface area (Å²) in [7, 11) is 1.55. The lowest BCUT2D eigenvalue weighted by Crippen LogP contribution is -2.17. The Labute approximate surface area is 147 Å². The number of benzene rings is 2. The molecule has 25 heavy (non-hydrogen) atoms. The smallest absolute Gasteiger partial charge is 0.271 e. The summed E-state index contributed by atoms with van der Waals surface area (Å²) in [6.45, 7) is 4.82. The minimum absolute atomic E-state index is 0.339. The van der Waals surface area contributed by atoms with Crippen LogP contribution < -0.4 is 19.6 Å². The Bertz CT molecular complexity index is 744. The van der Waals surface area contributed by atoms with Crippen LogP contribution in [0.3, 0.4) is 0 Å². The van der Waals surface area contributed by atoms with E-state index < -0.39 is 0 Å². The van der Waals surface area contributed by atoms with Crippen molar-refractivity contribution in [3.8, 4) is 17.2 Å². The van der Waals surface area contributed by atoms with Crippen LogP contribution in [0.2, 0.25) is 0 Å². The van der Waals surface area contributed by atoms with Gasteiger partial charge in [-0.2, -0.15) is 5.10 Å². The van der Waals surface area contributed by atoms with Gasteiger partial charge in [0.05, 0.1) is 26.5 Å². The Balaban J connectivity index is 2.09. The number of ether oxygens (including phenoxy) is 3. The molecule has 6 nitrogen and oxygen atoms in total. The van der Waals surface area contributed by atoms with Crippen molar-refractivity contribution in [3.63, 3.8) is 0 Å². The molecule has 1 N–H and O–H groups in total. The molecule has 2 rings (SSSR count). The molecule has 0 aliphatic heterocycles. The maximum atomic E-state index is 12.2. The molecule has 2 aromatic carbocycles. The zero-order chi connectivity index (χ0) is 18.1. The number of para-hydroxylation sites is 1. The first-order valence-electron chi connectivity index (χ1n) is 8.05. The maximum Gasteiger partial charge on any atom is 0.271 e. The van der Waals surface area contributed by atoms with E-state index in [2.05, 4.69) is 10.5 Å². The largest absolute Gasteiger partial charge is 0.493 e. The van der Waals surface area contributed by atoms with Crippen molar-refractivity contribution in [1.82, 2.24) is 5.43 Å². The fourth-order valence-electron chi connectivity index (χ4n) is 2.19. The normalized spacial score (nSPS) is 10.5. The molecule has 0 aliphatic rings. The third-order valence-electron chi connectivity index (χ3n) is 3.31. The van der Waals surface area contributed by atoms with Gasteiger partial charge >= 0.3 is 0 Å². The van der Waals surface area contributed by atoms with Crippen LogP contribution in [0.5, 0.6) is 17.2 Å². The first kappa shape index (κ1) is 18.3. The Morgan fingerprint density at radius 3 is 2.48 bits per heavy atom. The standard InChI is InChI=1S/C19H22N2O4/c1-4-24-16-9-7-6-8-15(16)13-20-21-19(22)14-10-11-17(23-3)18(12-14)25-5-2/h6-13H,4-5H2,1-3H3,(H,21,22)/b20-13+.